The first kappa shape index (κ1) is 16.9. The number of hydrogen-bond donors (Lipinski definition) is 2. The van der Waals surface area contributed by atoms with Gasteiger partial charge in [0.25, 0.3) is 0 Å². The maximum Gasteiger partial charge on any atom is 0.221 e. The molecule has 0 fully saturated rings. The predicted octanol–water partition coefficient (Wildman–Crippen LogP) is 4.52. The van der Waals surface area contributed by atoms with Gasteiger partial charge in [0.2, 0.25) is 11.0 Å². The number of amides is 1. The van der Waals surface area contributed by atoms with Gasteiger partial charge in [-0.05, 0) is 24.6 Å². The molecule has 1 aromatic heterocycles. The van der Waals surface area contributed by atoms with Crippen molar-refractivity contribution in [2.75, 3.05) is 10.7 Å². The van der Waals surface area contributed by atoms with Gasteiger partial charge in [-0.25, -0.2) is 4.98 Å². The second kappa shape index (κ2) is 7.72. The molecule has 25 heavy (non-hydrogen) atoms. The Balaban J connectivity index is 1.65. The quantitative estimate of drug-likeness (QED) is 0.525. The highest BCUT2D eigenvalue weighted by Gasteiger charge is 2.04. The lowest BCUT2D eigenvalue weighted by atomic mass is 10.1. The number of nitrogens with zero attached hydrogens (tertiary/aromatic N) is 2. The molecule has 0 saturated heterocycles. The van der Waals surface area contributed by atoms with Crippen LogP contribution in [0.25, 0.3) is 11.3 Å². The summed E-state index contributed by atoms with van der Waals surface area (Å²) in [7, 11) is 0. The Morgan fingerprint density at radius 3 is 2.72 bits per heavy atom. The summed E-state index contributed by atoms with van der Waals surface area (Å²) in [4.78, 5) is 15.6. The Hall–Kier alpha value is -2.99. The number of thiazole rings is 1. The van der Waals surface area contributed by atoms with E-state index in [1.807, 2.05) is 41.8 Å². The minimum Gasteiger partial charge on any atom is -0.326 e. The fourth-order valence-corrected chi connectivity index (χ4v) is 2.97. The molecule has 2 aromatic carbocycles. The van der Waals surface area contributed by atoms with E-state index >= 15 is 0 Å². The Kier molecular flexibility index (Phi) is 5.20. The molecule has 126 valence electrons. The van der Waals surface area contributed by atoms with Crippen LogP contribution in [0.4, 0.5) is 10.8 Å². The van der Waals surface area contributed by atoms with Crippen molar-refractivity contribution >= 4 is 34.3 Å². The van der Waals surface area contributed by atoms with Crippen molar-refractivity contribution in [1.29, 1.82) is 0 Å². The molecule has 3 aromatic rings. The summed E-state index contributed by atoms with van der Waals surface area (Å²) in [6.07, 6.45) is 1.77. The van der Waals surface area contributed by atoms with E-state index in [1.165, 1.54) is 23.8 Å². The highest BCUT2D eigenvalue weighted by atomic mass is 32.1. The van der Waals surface area contributed by atoms with Crippen molar-refractivity contribution < 1.29 is 4.79 Å². The molecule has 0 saturated carbocycles. The molecule has 0 bridgehead atoms. The molecule has 5 nitrogen and oxygen atoms in total. The first-order valence-electron chi connectivity index (χ1n) is 7.79. The Labute approximate surface area is 150 Å². The maximum absolute atomic E-state index is 11.0. The van der Waals surface area contributed by atoms with E-state index in [2.05, 4.69) is 39.9 Å². The molecule has 1 heterocycles. The zero-order valence-corrected chi connectivity index (χ0v) is 14.8. The molecule has 0 aliphatic rings. The standard InChI is InChI=1S/C19H18N4OS/c1-13-4-3-5-15(10-13)11-20-23-19-22-18(12-25-19)16-6-8-17(9-7-16)21-14(2)24/h3-12H,1-2H3,(H,21,24)(H,22,23)/b20-11-. The van der Waals surface area contributed by atoms with Gasteiger partial charge < -0.3 is 5.32 Å². The third-order valence-electron chi connectivity index (χ3n) is 3.42. The Morgan fingerprint density at radius 1 is 1.20 bits per heavy atom. The van der Waals surface area contributed by atoms with E-state index in [1.54, 1.807) is 6.21 Å². The SMILES string of the molecule is CC(=O)Nc1ccc(-c2csc(N/N=C\c3cccc(C)c3)n2)cc1. The van der Waals surface area contributed by atoms with Crippen molar-refractivity contribution in [1.82, 2.24) is 4.98 Å². The van der Waals surface area contributed by atoms with E-state index in [0.29, 0.717) is 0 Å². The first-order valence-corrected chi connectivity index (χ1v) is 8.67. The van der Waals surface area contributed by atoms with Crippen LogP contribution >= 0.6 is 11.3 Å². The van der Waals surface area contributed by atoms with Crippen LogP contribution < -0.4 is 10.7 Å². The van der Waals surface area contributed by atoms with E-state index in [0.717, 1.165) is 27.6 Å². The molecular formula is C19H18N4OS. The van der Waals surface area contributed by atoms with Gasteiger partial charge in [0.05, 0.1) is 11.9 Å². The van der Waals surface area contributed by atoms with E-state index in [-0.39, 0.29) is 5.91 Å². The second-order valence-electron chi connectivity index (χ2n) is 5.58. The molecule has 1 amide bonds. The van der Waals surface area contributed by atoms with E-state index < -0.39 is 0 Å². The van der Waals surface area contributed by atoms with Crippen LogP contribution in [0.5, 0.6) is 0 Å². The van der Waals surface area contributed by atoms with Crippen LogP contribution in [0.3, 0.4) is 0 Å². The van der Waals surface area contributed by atoms with E-state index in [4.69, 9.17) is 0 Å². The van der Waals surface area contributed by atoms with Crippen LogP contribution in [0.1, 0.15) is 18.1 Å². The average molecular weight is 350 g/mol. The van der Waals surface area contributed by atoms with Gasteiger partial charge in [-0.3, -0.25) is 10.2 Å². The summed E-state index contributed by atoms with van der Waals surface area (Å²) in [6, 6.07) is 15.7. The zero-order chi connectivity index (χ0) is 17.6. The fraction of sp³-hybridized carbons (Fsp3) is 0.105. The minimum atomic E-state index is -0.0839. The zero-order valence-electron chi connectivity index (χ0n) is 14.0. The molecule has 6 heteroatoms. The van der Waals surface area contributed by atoms with Gasteiger partial charge in [0, 0.05) is 23.6 Å². The Bertz CT molecular complexity index is 900. The van der Waals surface area contributed by atoms with Crippen LogP contribution in [-0.4, -0.2) is 17.1 Å². The number of hydrogen-bond acceptors (Lipinski definition) is 5. The van der Waals surface area contributed by atoms with Crippen molar-refractivity contribution in [2.24, 2.45) is 5.10 Å². The van der Waals surface area contributed by atoms with Crippen LogP contribution in [0.2, 0.25) is 0 Å². The predicted molar refractivity (Wildman–Crippen MR) is 104 cm³/mol. The molecular weight excluding hydrogens is 332 g/mol. The van der Waals surface area contributed by atoms with Crippen LogP contribution in [0, 0.1) is 6.92 Å². The second-order valence-corrected chi connectivity index (χ2v) is 6.44. The summed E-state index contributed by atoms with van der Waals surface area (Å²) in [5.41, 5.74) is 7.82. The largest absolute Gasteiger partial charge is 0.326 e. The summed E-state index contributed by atoms with van der Waals surface area (Å²) < 4.78 is 0. The summed E-state index contributed by atoms with van der Waals surface area (Å²) in [6.45, 7) is 3.54. The third-order valence-corrected chi connectivity index (χ3v) is 4.17. The number of aromatic nitrogens is 1. The summed E-state index contributed by atoms with van der Waals surface area (Å²) >= 11 is 1.49. The van der Waals surface area contributed by atoms with Gasteiger partial charge in [-0.15, -0.1) is 11.3 Å². The monoisotopic (exact) mass is 350 g/mol. The Morgan fingerprint density at radius 2 is 2.00 bits per heavy atom. The van der Waals surface area contributed by atoms with Crippen molar-refractivity contribution in [2.45, 2.75) is 13.8 Å². The minimum absolute atomic E-state index is 0.0839. The number of carbonyl (C=O) groups is 1. The van der Waals surface area contributed by atoms with Crippen LogP contribution in [-0.2, 0) is 4.79 Å². The van der Waals surface area contributed by atoms with Gasteiger partial charge in [0.1, 0.15) is 0 Å². The molecule has 3 rings (SSSR count). The summed E-state index contributed by atoms with van der Waals surface area (Å²) in [5.74, 6) is -0.0839. The highest BCUT2D eigenvalue weighted by Crippen LogP contribution is 2.26. The highest BCUT2D eigenvalue weighted by molar-refractivity contribution is 7.14. The number of carbonyl (C=O) groups excluding carboxylic acids is 1. The fourth-order valence-electron chi connectivity index (χ4n) is 2.30. The number of nitrogens with one attached hydrogen (secondary N) is 2. The number of aryl methyl sites for hydroxylation is 1. The molecule has 0 spiro atoms. The number of rotatable bonds is 5. The summed E-state index contributed by atoms with van der Waals surface area (Å²) in [5, 5.41) is 9.68. The lowest BCUT2D eigenvalue weighted by molar-refractivity contribution is -0.114. The number of benzene rings is 2. The smallest absolute Gasteiger partial charge is 0.221 e. The van der Waals surface area contributed by atoms with Gasteiger partial charge in [-0.2, -0.15) is 5.10 Å². The van der Waals surface area contributed by atoms with Crippen molar-refractivity contribution in [3.8, 4) is 11.3 Å². The van der Waals surface area contributed by atoms with Crippen LogP contribution in [0.15, 0.2) is 59.0 Å². The topological polar surface area (TPSA) is 66.4 Å². The van der Waals surface area contributed by atoms with Gasteiger partial charge in [0.15, 0.2) is 0 Å². The van der Waals surface area contributed by atoms with Gasteiger partial charge in [-0.1, -0.05) is 42.0 Å². The molecule has 0 radical (unpaired) electrons. The third kappa shape index (κ3) is 4.74. The number of hydrazone groups is 1. The lowest BCUT2D eigenvalue weighted by Crippen LogP contribution is -2.05. The molecule has 0 unspecified atom stereocenters. The van der Waals surface area contributed by atoms with E-state index in [9.17, 15) is 4.79 Å². The molecule has 0 atom stereocenters. The molecule has 0 aliphatic carbocycles. The molecule has 2 N–H and O–H groups in total. The normalized spacial score (nSPS) is 10.8. The maximum atomic E-state index is 11.0. The molecule has 0 aliphatic heterocycles. The lowest BCUT2D eigenvalue weighted by Gasteiger charge is -2.02. The number of anilines is 2. The van der Waals surface area contributed by atoms with Crippen molar-refractivity contribution in [3.05, 3.63) is 65.0 Å². The van der Waals surface area contributed by atoms with Gasteiger partial charge >= 0.3 is 0 Å². The average Bonchev–Trinajstić information content (AvgIpc) is 3.04. The first-order chi connectivity index (χ1) is 12.1. The van der Waals surface area contributed by atoms with Crippen molar-refractivity contribution in [3.63, 3.8) is 0 Å².